The minimum Gasteiger partial charge on any atom is -0.355 e. The van der Waals surface area contributed by atoms with Gasteiger partial charge in [0.15, 0.2) is 0 Å². The molecule has 72 valence electrons. The Labute approximate surface area is 84.9 Å². The molecule has 1 nitrogen and oxygen atoms in total. The molecule has 1 aromatic carbocycles. The van der Waals surface area contributed by atoms with E-state index in [0.717, 1.165) is 0 Å². The zero-order valence-electron chi connectivity index (χ0n) is 8.09. The van der Waals surface area contributed by atoms with Crippen LogP contribution < -0.4 is 0 Å². The molecule has 1 heterocycles. The maximum absolute atomic E-state index is 3.47. The molecule has 1 heteroatoms. The number of allylic oxidation sites excluding steroid dienone is 1. The molecule has 1 aliphatic rings. The number of rotatable bonds is 0. The lowest BCUT2D eigenvalue weighted by Gasteiger charge is -1.96. The van der Waals surface area contributed by atoms with E-state index in [9.17, 15) is 0 Å². The van der Waals surface area contributed by atoms with Gasteiger partial charge in [0.2, 0.25) is 0 Å². The number of hydrogen-bond donors (Lipinski definition) is 1. The summed E-state index contributed by atoms with van der Waals surface area (Å²) in [7, 11) is 0. The van der Waals surface area contributed by atoms with Crippen molar-refractivity contribution in [2.45, 2.75) is 19.3 Å². The predicted molar refractivity (Wildman–Crippen MR) is 62.4 cm³/mol. The molecule has 0 saturated carbocycles. The lowest BCUT2D eigenvalue weighted by molar-refractivity contribution is 0.856. The maximum Gasteiger partial charge on any atom is 0.0461 e. The molecule has 0 aliphatic heterocycles. The first-order chi connectivity index (χ1) is 6.95. The third kappa shape index (κ3) is 1.09. The van der Waals surface area contributed by atoms with Gasteiger partial charge in [-0.2, -0.15) is 0 Å². The van der Waals surface area contributed by atoms with Gasteiger partial charge in [-0.25, -0.2) is 0 Å². The molecule has 0 fully saturated rings. The van der Waals surface area contributed by atoms with E-state index in [4.69, 9.17) is 0 Å². The van der Waals surface area contributed by atoms with Crippen LogP contribution in [0.1, 0.15) is 25.5 Å². The highest BCUT2D eigenvalue weighted by Crippen LogP contribution is 2.26. The van der Waals surface area contributed by atoms with Gasteiger partial charge in [0.25, 0.3) is 0 Å². The lowest BCUT2D eigenvalue weighted by Crippen LogP contribution is -1.83. The van der Waals surface area contributed by atoms with Crippen molar-refractivity contribution < 1.29 is 1.43 Å². The first kappa shape index (κ1) is 7.86. The highest BCUT2D eigenvalue weighted by Gasteiger charge is 2.09. The molecule has 14 heavy (non-hydrogen) atoms. The molecule has 0 spiro atoms. The highest BCUT2D eigenvalue weighted by molar-refractivity contribution is 5.87. The van der Waals surface area contributed by atoms with Crippen molar-refractivity contribution in [2.24, 2.45) is 0 Å². The minimum atomic E-state index is 0. The van der Waals surface area contributed by atoms with Crippen molar-refractivity contribution >= 4 is 17.0 Å². The van der Waals surface area contributed by atoms with Crippen molar-refractivity contribution in [3.63, 3.8) is 0 Å². The summed E-state index contributed by atoms with van der Waals surface area (Å²) >= 11 is 0. The zero-order valence-corrected chi connectivity index (χ0v) is 8.09. The van der Waals surface area contributed by atoms with Crippen molar-refractivity contribution in [3.05, 3.63) is 41.6 Å². The summed E-state index contributed by atoms with van der Waals surface area (Å²) in [4.78, 5) is 3.47. The quantitative estimate of drug-likeness (QED) is 0.643. The van der Waals surface area contributed by atoms with Gasteiger partial charge in [0.05, 0.1) is 0 Å². The Hall–Kier alpha value is -1.50. The van der Waals surface area contributed by atoms with E-state index in [1.54, 1.807) is 0 Å². The number of hydrogen-bond acceptors (Lipinski definition) is 0. The van der Waals surface area contributed by atoms with Gasteiger partial charge in [-0.15, -0.1) is 0 Å². The molecule has 1 aromatic heterocycles. The number of nitrogens with one attached hydrogen (secondary N) is 1. The van der Waals surface area contributed by atoms with Gasteiger partial charge in [-0.1, -0.05) is 24.3 Å². The first-order valence-electron chi connectivity index (χ1n) is 5.21. The summed E-state index contributed by atoms with van der Waals surface area (Å²) < 4.78 is 0. The van der Waals surface area contributed by atoms with E-state index >= 15 is 0 Å². The topological polar surface area (TPSA) is 15.8 Å². The molecule has 0 unspecified atom stereocenters. The SMILES string of the molecule is C1=Cc2[nH]c3ccccc3c2CCC1.[HH]. The van der Waals surface area contributed by atoms with Gasteiger partial charge >= 0.3 is 0 Å². The molecule has 0 bridgehead atoms. The molecule has 0 amide bonds. The van der Waals surface area contributed by atoms with E-state index < -0.39 is 0 Å². The molecular weight excluding hydrogens is 170 g/mol. The highest BCUT2D eigenvalue weighted by atomic mass is 14.7. The standard InChI is InChI=1S/C13H13N.H2/c1-2-6-10-11-7-4-5-9-13(11)14-12(10)8-3-1;/h3-5,7-9,14H,1-2,6H2;1H. The Morgan fingerprint density at radius 3 is 3.14 bits per heavy atom. The Bertz CT molecular complexity index is 496. The average Bonchev–Trinajstić information content (AvgIpc) is 2.42. The molecule has 2 aromatic rings. The van der Waals surface area contributed by atoms with E-state index in [-0.39, 0.29) is 1.43 Å². The molecule has 0 atom stereocenters. The Kier molecular flexibility index (Phi) is 1.69. The Balaban J connectivity index is 0.000000853. The van der Waals surface area contributed by atoms with Crippen LogP contribution in [0.5, 0.6) is 0 Å². The molecule has 3 rings (SSSR count). The number of H-pyrrole nitrogens is 1. The fourth-order valence-electron chi connectivity index (χ4n) is 2.23. The van der Waals surface area contributed by atoms with Crippen molar-refractivity contribution in [1.82, 2.24) is 4.98 Å². The third-order valence-corrected chi connectivity index (χ3v) is 2.93. The summed E-state index contributed by atoms with van der Waals surface area (Å²) in [6.07, 6.45) is 8.16. The fourth-order valence-corrected chi connectivity index (χ4v) is 2.23. The van der Waals surface area contributed by atoms with Crippen molar-refractivity contribution in [3.8, 4) is 0 Å². The van der Waals surface area contributed by atoms with Crippen LogP contribution in [0.25, 0.3) is 17.0 Å². The number of aryl methyl sites for hydroxylation is 1. The second-order valence-electron chi connectivity index (χ2n) is 3.86. The lowest BCUT2D eigenvalue weighted by atomic mass is 10.1. The van der Waals surface area contributed by atoms with Crippen LogP contribution in [0.15, 0.2) is 30.3 Å². The predicted octanol–water partition coefficient (Wildman–Crippen LogP) is 3.76. The first-order valence-corrected chi connectivity index (χ1v) is 5.21. The van der Waals surface area contributed by atoms with Crippen molar-refractivity contribution in [2.75, 3.05) is 0 Å². The van der Waals surface area contributed by atoms with Crippen LogP contribution in [0.4, 0.5) is 0 Å². The summed E-state index contributed by atoms with van der Waals surface area (Å²) in [6, 6.07) is 8.56. The second-order valence-corrected chi connectivity index (χ2v) is 3.86. The molecule has 0 saturated heterocycles. The molecular formula is C13H15N. The summed E-state index contributed by atoms with van der Waals surface area (Å²) in [5.74, 6) is 0. The van der Waals surface area contributed by atoms with Gasteiger partial charge < -0.3 is 4.98 Å². The number of para-hydroxylation sites is 1. The van der Waals surface area contributed by atoms with E-state index in [2.05, 4.69) is 41.4 Å². The van der Waals surface area contributed by atoms with Crippen LogP contribution in [0, 0.1) is 0 Å². The minimum absolute atomic E-state index is 0. The third-order valence-electron chi connectivity index (χ3n) is 2.93. The molecule has 1 N–H and O–H groups in total. The Morgan fingerprint density at radius 2 is 2.14 bits per heavy atom. The monoisotopic (exact) mass is 185 g/mol. The van der Waals surface area contributed by atoms with Gasteiger partial charge in [0, 0.05) is 18.0 Å². The van der Waals surface area contributed by atoms with Crippen LogP contribution in [0.3, 0.4) is 0 Å². The average molecular weight is 185 g/mol. The number of aromatic nitrogens is 1. The normalized spacial score (nSPS) is 15.4. The van der Waals surface area contributed by atoms with Crippen molar-refractivity contribution in [1.29, 1.82) is 0 Å². The summed E-state index contributed by atoms with van der Waals surface area (Å²) in [5, 5.41) is 1.40. The van der Waals surface area contributed by atoms with E-state index in [1.807, 2.05) is 0 Å². The van der Waals surface area contributed by atoms with E-state index in [0.29, 0.717) is 0 Å². The molecule has 0 radical (unpaired) electrons. The number of benzene rings is 1. The van der Waals surface area contributed by atoms with Crippen LogP contribution in [-0.4, -0.2) is 4.98 Å². The van der Waals surface area contributed by atoms with Crippen LogP contribution in [0.2, 0.25) is 0 Å². The van der Waals surface area contributed by atoms with Gasteiger partial charge in [0.1, 0.15) is 0 Å². The second kappa shape index (κ2) is 3.02. The maximum atomic E-state index is 3.47. The van der Waals surface area contributed by atoms with Gasteiger partial charge in [-0.05, 0) is 37.0 Å². The summed E-state index contributed by atoms with van der Waals surface area (Å²) in [5.41, 5.74) is 4.07. The Morgan fingerprint density at radius 1 is 1.21 bits per heavy atom. The van der Waals surface area contributed by atoms with Gasteiger partial charge in [-0.3, -0.25) is 0 Å². The molecule has 1 aliphatic carbocycles. The van der Waals surface area contributed by atoms with E-state index in [1.165, 1.54) is 41.4 Å². The number of aromatic amines is 1. The van der Waals surface area contributed by atoms with Crippen LogP contribution in [-0.2, 0) is 6.42 Å². The zero-order chi connectivity index (χ0) is 9.38. The largest absolute Gasteiger partial charge is 0.355 e. The summed E-state index contributed by atoms with van der Waals surface area (Å²) in [6.45, 7) is 0. The smallest absolute Gasteiger partial charge is 0.0461 e. The van der Waals surface area contributed by atoms with Crippen LogP contribution >= 0.6 is 0 Å². The number of fused-ring (bicyclic) bond motifs is 3. The fraction of sp³-hybridized carbons (Fsp3) is 0.231.